The summed E-state index contributed by atoms with van der Waals surface area (Å²) < 4.78 is 5.42. The molecule has 0 radical (unpaired) electrons. The number of nitrogens with one attached hydrogen (secondary N) is 1. The van der Waals surface area contributed by atoms with Crippen LogP contribution in [0.1, 0.15) is 24.0 Å². The summed E-state index contributed by atoms with van der Waals surface area (Å²) >= 11 is 0. The summed E-state index contributed by atoms with van der Waals surface area (Å²) in [5.41, 5.74) is 9.55. The predicted octanol–water partition coefficient (Wildman–Crippen LogP) is 2.64. The fraction of sp³-hybridized carbons (Fsp3) is 0.350. The van der Waals surface area contributed by atoms with Crippen LogP contribution in [0.15, 0.2) is 47.5 Å². The van der Waals surface area contributed by atoms with Crippen molar-refractivity contribution < 1.29 is 14.8 Å². The second kappa shape index (κ2) is 9.18. The van der Waals surface area contributed by atoms with Gasteiger partial charge in [-0.3, -0.25) is 15.1 Å². The number of nitro benzene ring substituents is 1. The monoisotopic (exact) mass is 384 g/mol. The number of guanidine groups is 1. The molecule has 1 aliphatic rings. The van der Waals surface area contributed by atoms with E-state index < -0.39 is 11.0 Å². The van der Waals surface area contributed by atoms with Crippen molar-refractivity contribution in [2.24, 2.45) is 10.7 Å². The van der Waals surface area contributed by atoms with Gasteiger partial charge < -0.3 is 20.9 Å². The Morgan fingerprint density at radius 1 is 1.25 bits per heavy atom. The van der Waals surface area contributed by atoms with E-state index in [2.05, 4.69) is 16.4 Å². The third kappa shape index (κ3) is 5.20. The van der Waals surface area contributed by atoms with Gasteiger partial charge in [0.05, 0.1) is 11.5 Å². The summed E-state index contributed by atoms with van der Waals surface area (Å²) in [6.45, 7) is 0.0934. The van der Waals surface area contributed by atoms with E-state index in [1.54, 1.807) is 0 Å². The summed E-state index contributed by atoms with van der Waals surface area (Å²) in [6.07, 6.45) is 3.64. The molecule has 0 fully saturated rings. The fourth-order valence-electron chi connectivity index (χ4n) is 3.19. The minimum atomic E-state index is -0.847. The number of fused-ring (bicyclic) bond motifs is 1. The zero-order valence-electron chi connectivity index (χ0n) is 15.5. The largest absolute Gasteiger partial charge is 0.491 e. The SMILES string of the molecule is NC(=NCC(O)COc1ccc([N+](=O)[O-])cc1)Nc1cccc2c1CCCC2. The summed E-state index contributed by atoms with van der Waals surface area (Å²) in [5, 5.41) is 23.8. The lowest BCUT2D eigenvalue weighted by atomic mass is 9.90. The van der Waals surface area contributed by atoms with Crippen LogP contribution < -0.4 is 15.8 Å². The van der Waals surface area contributed by atoms with Gasteiger partial charge in [-0.1, -0.05) is 12.1 Å². The van der Waals surface area contributed by atoms with E-state index in [4.69, 9.17) is 10.5 Å². The average molecular weight is 384 g/mol. The predicted molar refractivity (Wildman–Crippen MR) is 108 cm³/mol. The van der Waals surface area contributed by atoms with Gasteiger partial charge >= 0.3 is 0 Å². The van der Waals surface area contributed by atoms with Crippen LogP contribution in [0.2, 0.25) is 0 Å². The minimum absolute atomic E-state index is 0.00925. The molecule has 2 aromatic rings. The molecule has 0 spiro atoms. The number of nitrogens with zero attached hydrogens (tertiary/aromatic N) is 2. The van der Waals surface area contributed by atoms with E-state index in [0.717, 1.165) is 18.5 Å². The number of aliphatic imine (C=N–C) groups is 1. The van der Waals surface area contributed by atoms with Crippen molar-refractivity contribution in [1.29, 1.82) is 0 Å². The number of ether oxygens (including phenoxy) is 1. The van der Waals surface area contributed by atoms with Crippen LogP contribution in [0.3, 0.4) is 0 Å². The van der Waals surface area contributed by atoms with Crippen LogP contribution in [0, 0.1) is 10.1 Å². The van der Waals surface area contributed by atoms with Gasteiger partial charge in [0.2, 0.25) is 0 Å². The molecule has 1 atom stereocenters. The summed E-state index contributed by atoms with van der Waals surface area (Å²) in [4.78, 5) is 14.3. The van der Waals surface area contributed by atoms with E-state index in [-0.39, 0.29) is 24.8 Å². The van der Waals surface area contributed by atoms with Crippen molar-refractivity contribution in [3.8, 4) is 5.75 Å². The van der Waals surface area contributed by atoms with E-state index in [0.29, 0.717) is 5.75 Å². The normalized spacial score (nSPS) is 14.8. The highest BCUT2D eigenvalue weighted by Gasteiger charge is 2.13. The van der Waals surface area contributed by atoms with E-state index in [1.165, 1.54) is 48.2 Å². The Hall–Kier alpha value is -3.13. The lowest BCUT2D eigenvalue weighted by Gasteiger charge is -2.20. The zero-order chi connectivity index (χ0) is 19.9. The first-order valence-electron chi connectivity index (χ1n) is 9.26. The fourth-order valence-corrected chi connectivity index (χ4v) is 3.19. The number of hydrogen-bond acceptors (Lipinski definition) is 5. The topological polar surface area (TPSA) is 123 Å². The molecule has 0 saturated heterocycles. The first kappa shape index (κ1) is 19.6. The van der Waals surface area contributed by atoms with Crippen LogP contribution in [-0.2, 0) is 12.8 Å². The maximum absolute atomic E-state index is 10.6. The van der Waals surface area contributed by atoms with Crippen molar-refractivity contribution in [2.75, 3.05) is 18.5 Å². The number of nitro groups is 1. The van der Waals surface area contributed by atoms with Crippen molar-refractivity contribution in [3.63, 3.8) is 0 Å². The van der Waals surface area contributed by atoms with Crippen molar-refractivity contribution in [2.45, 2.75) is 31.8 Å². The highest BCUT2D eigenvalue weighted by atomic mass is 16.6. The quantitative estimate of drug-likeness (QED) is 0.292. The molecule has 2 aromatic carbocycles. The number of hydrogen-bond donors (Lipinski definition) is 3. The van der Waals surface area contributed by atoms with E-state index in [1.807, 2.05) is 12.1 Å². The first-order chi connectivity index (χ1) is 13.5. The Kier molecular flexibility index (Phi) is 6.44. The number of nitrogens with two attached hydrogens (primary N) is 1. The molecule has 0 amide bonds. The molecule has 0 heterocycles. The molecule has 8 nitrogen and oxygen atoms in total. The Morgan fingerprint density at radius 3 is 2.75 bits per heavy atom. The molecule has 148 valence electrons. The van der Waals surface area contributed by atoms with Gasteiger partial charge in [0.15, 0.2) is 5.96 Å². The minimum Gasteiger partial charge on any atom is -0.491 e. The van der Waals surface area contributed by atoms with E-state index in [9.17, 15) is 15.2 Å². The second-order valence-electron chi connectivity index (χ2n) is 6.72. The van der Waals surface area contributed by atoms with Crippen LogP contribution >= 0.6 is 0 Å². The van der Waals surface area contributed by atoms with Crippen LogP contribution in [0.4, 0.5) is 11.4 Å². The molecule has 28 heavy (non-hydrogen) atoms. The maximum atomic E-state index is 10.6. The number of rotatable bonds is 7. The highest BCUT2D eigenvalue weighted by Crippen LogP contribution is 2.27. The maximum Gasteiger partial charge on any atom is 0.269 e. The number of benzene rings is 2. The van der Waals surface area contributed by atoms with Gasteiger partial charge in [0, 0.05) is 17.8 Å². The Bertz CT molecular complexity index is 852. The van der Waals surface area contributed by atoms with E-state index >= 15 is 0 Å². The van der Waals surface area contributed by atoms with Gasteiger partial charge in [0.25, 0.3) is 5.69 Å². The Morgan fingerprint density at radius 2 is 2.00 bits per heavy atom. The first-order valence-corrected chi connectivity index (χ1v) is 9.26. The molecule has 1 aliphatic carbocycles. The van der Waals surface area contributed by atoms with Crippen molar-refractivity contribution >= 4 is 17.3 Å². The molecule has 0 aliphatic heterocycles. The van der Waals surface area contributed by atoms with Gasteiger partial charge in [-0.2, -0.15) is 0 Å². The van der Waals surface area contributed by atoms with Crippen molar-refractivity contribution in [1.82, 2.24) is 0 Å². The lowest BCUT2D eigenvalue weighted by Crippen LogP contribution is -2.27. The molecule has 1 unspecified atom stereocenters. The Labute approximate surface area is 163 Å². The number of aryl methyl sites for hydroxylation is 1. The molecular weight excluding hydrogens is 360 g/mol. The van der Waals surface area contributed by atoms with Gasteiger partial charge in [0.1, 0.15) is 18.5 Å². The average Bonchev–Trinajstić information content (AvgIpc) is 2.71. The van der Waals surface area contributed by atoms with Crippen LogP contribution in [0.5, 0.6) is 5.75 Å². The molecule has 4 N–H and O–H groups in total. The molecule has 0 saturated carbocycles. The number of aliphatic hydroxyl groups is 1. The molecule has 3 rings (SSSR count). The summed E-state index contributed by atoms with van der Waals surface area (Å²) in [5.74, 6) is 0.684. The van der Waals surface area contributed by atoms with Crippen molar-refractivity contribution in [3.05, 3.63) is 63.7 Å². The standard InChI is InChI=1S/C20H24N4O4/c21-20(23-19-7-3-5-14-4-1-2-6-18(14)19)22-12-16(25)13-28-17-10-8-15(9-11-17)24(26)27/h3,5,7-11,16,25H,1-2,4,6,12-13H2,(H3,21,22,23). The molecule has 8 heteroatoms. The zero-order valence-corrected chi connectivity index (χ0v) is 15.5. The van der Waals surface area contributed by atoms with Crippen LogP contribution in [-0.4, -0.2) is 35.2 Å². The summed E-state index contributed by atoms with van der Waals surface area (Å²) in [6, 6.07) is 11.8. The number of aliphatic hydroxyl groups excluding tert-OH is 1. The third-order valence-corrected chi connectivity index (χ3v) is 4.62. The molecule has 0 bridgehead atoms. The number of anilines is 1. The molecular formula is C20H24N4O4. The third-order valence-electron chi connectivity index (χ3n) is 4.62. The lowest BCUT2D eigenvalue weighted by molar-refractivity contribution is -0.384. The van der Waals surface area contributed by atoms with Gasteiger partial charge in [-0.25, -0.2) is 0 Å². The number of non-ortho nitro benzene ring substituents is 1. The highest BCUT2D eigenvalue weighted by molar-refractivity contribution is 5.93. The molecule has 0 aromatic heterocycles. The van der Waals surface area contributed by atoms with Gasteiger partial charge in [-0.15, -0.1) is 0 Å². The van der Waals surface area contributed by atoms with Gasteiger partial charge in [-0.05, 0) is 55.0 Å². The smallest absolute Gasteiger partial charge is 0.269 e. The summed E-state index contributed by atoms with van der Waals surface area (Å²) in [7, 11) is 0. The van der Waals surface area contributed by atoms with Crippen LogP contribution in [0.25, 0.3) is 0 Å². The Balaban J connectivity index is 1.50. The second-order valence-corrected chi connectivity index (χ2v) is 6.72.